The molecule has 100 valence electrons. The summed E-state index contributed by atoms with van der Waals surface area (Å²) in [6, 6.07) is 0.279. The molecule has 2 rings (SSSR count). The van der Waals surface area contributed by atoms with E-state index in [1.165, 1.54) is 10.9 Å². The van der Waals surface area contributed by atoms with Crippen LogP contribution in [0.25, 0.3) is 0 Å². The molecule has 0 aromatic carbocycles. The van der Waals surface area contributed by atoms with Gasteiger partial charge in [-0.15, -0.1) is 5.10 Å². The first-order chi connectivity index (χ1) is 8.60. The van der Waals surface area contributed by atoms with E-state index >= 15 is 0 Å². The van der Waals surface area contributed by atoms with E-state index in [4.69, 9.17) is 0 Å². The molecule has 1 aliphatic heterocycles. The highest BCUT2D eigenvalue weighted by Crippen LogP contribution is 2.24. The molecule has 0 unspecified atom stereocenters. The van der Waals surface area contributed by atoms with Crippen molar-refractivity contribution in [2.24, 2.45) is 7.05 Å². The number of hydrogen-bond donors (Lipinski definition) is 1. The summed E-state index contributed by atoms with van der Waals surface area (Å²) in [6.07, 6.45) is 3.44. The molecule has 2 heterocycles. The number of aryl methyl sites for hydroxylation is 1. The molecular formula is C11H19N5O2. The van der Waals surface area contributed by atoms with E-state index in [2.05, 4.69) is 22.2 Å². The van der Waals surface area contributed by atoms with E-state index in [0.717, 1.165) is 32.5 Å². The summed E-state index contributed by atoms with van der Waals surface area (Å²) in [5.41, 5.74) is 0.0513. The molecule has 1 saturated heterocycles. The van der Waals surface area contributed by atoms with Crippen molar-refractivity contribution in [3.8, 4) is 0 Å². The van der Waals surface area contributed by atoms with Crippen LogP contribution in [0.4, 0.5) is 11.5 Å². The van der Waals surface area contributed by atoms with Gasteiger partial charge in [0.05, 0.1) is 4.92 Å². The topological polar surface area (TPSA) is 76.2 Å². The zero-order valence-corrected chi connectivity index (χ0v) is 10.8. The number of piperidine rings is 1. The van der Waals surface area contributed by atoms with Gasteiger partial charge in [0.2, 0.25) is 5.82 Å². The average molecular weight is 253 g/mol. The van der Waals surface area contributed by atoms with Crippen molar-refractivity contribution in [1.29, 1.82) is 0 Å². The van der Waals surface area contributed by atoms with Gasteiger partial charge in [0, 0.05) is 26.2 Å². The molecular weight excluding hydrogens is 234 g/mol. The van der Waals surface area contributed by atoms with Gasteiger partial charge in [-0.25, -0.2) is 0 Å². The van der Waals surface area contributed by atoms with E-state index < -0.39 is 4.92 Å². The molecule has 18 heavy (non-hydrogen) atoms. The van der Waals surface area contributed by atoms with Gasteiger partial charge >= 0.3 is 5.69 Å². The van der Waals surface area contributed by atoms with Gasteiger partial charge in [0.1, 0.15) is 6.20 Å². The lowest BCUT2D eigenvalue weighted by atomic mass is 10.1. The van der Waals surface area contributed by atoms with E-state index in [0.29, 0.717) is 5.82 Å². The summed E-state index contributed by atoms with van der Waals surface area (Å²) in [4.78, 5) is 12.9. The maximum Gasteiger partial charge on any atom is 0.330 e. The Bertz CT molecular complexity index is 423. The second-order valence-corrected chi connectivity index (χ2v) is 4.65. The number of nitro groups is 1. The first kappa shape index (κ1) is 12.8. The fraction of sp³-hybridized carbons (Fsp3) is 0.727. The lowest BCUT2D eigenvalue weighted by Crippen LogP contribution is -2.39. The third-order valence-electron chi connectivity index (χ3n) is 3.38. The Labute approximate surface area is 106 Å². The Morgan fingerprint density at radius 1 is 1.56 bits per heavy atom. The molecule has 0 aliphatic carbocycles. The smallest absolute Gasteiger partial charge is 0.330 e. The lowest BCUT2D eigenvalue weighted by molar-refractivity contribution is -0.384. The predicted molar refractivity (Wildman–Crippen MR) is 68.6 cm³/mol. The van der Waals surface area contributed by atoms with Crippen LogP contribution in [0.5, 0.6) is 0 Å². The molecule has 0 saturated carbocycles. The van der Waals surface area contributed by atoms with Crippen LogP contribution in [-0.2, 0) is 7.05 Å². The summed E-state index contributed by atoms with van der Waals surface area (Å²) in [6.45, 7) is 5.29. The van der Waals surface area contributed by atoms with Gasteiger partial charge in [-0.05, 0) is 19.4 Å². The maximum absolute atomic E-state index is 10.9. The van der Waals surface area contributed by atoms with E-state index in [1.54, 1.807) is 7.05 Å². The number of nitrogens with zero attached hydrogens (tertiary/aromatic N) is 4. The molecule has 0 bridgehead atoms. The van der Waals surface area contributed by atoms with Crippen LogP contribution in [0.1, 0.15) is 19.8 Å². The number of nitrogens with one attached hydrogen (secondary N) is 1. The van der Waals surface area contributed by atoms with Crippen LogP contribution < -0.4 is 5.32 Å². The second kappa shape index (κ2) is 5.34. The molecule has 0 amide bonds. The molecule has 7 nitrogen and oxygen atoms in total. The van der Waals surface area contributed by atoms with Crippen LogP contribution in [0, 0.1) is 10.1 Å². The minimum Gasteiger partial charge on any atom is -0.360 e. The molecule has 0 spiro atoms. The number of aromatic nitrogens is 2. The fourth-order valence-corrected chi connectivity index (χ4v) is 2.30. The zero-order chi connectivity index (χ0) is 13.1. The normalized spacial score (nSPS) is 17.9. The summed E-state index contributed by atoms with van der Waals surface area (Å²) >= 11 is 0. The highest BCUT2D eigenvalue weighted by atomic mass is 16.6. The SMILES string of the molecule is CCN1CCC(Nc2nn(C)cc2[N+](=O)[O-])CC1. The first-order valence-corrected chi connectivity index (χ1v) is 6.27. The van der Waals surface area contributed by atoms with Crippen molar-refractivity contribution in [3.63, 3.8) is 0 Å². The standard InChI is InChI=1S/C11H19N5O2/c1-3-15-6-4-9(5-7-15)12-11-10(16(17)18)8-14(2)13-11/h8-9H,3-7H2,1-2H3,(H,12,13). The van der Waals surface area contributed by atoms with Gasteiger partial charge in [0.15, 0.2) is 0 Å². The molecule has 1 aromatic rings. The number of likely N-dealkylation sites (tertiary alicyclic amines) is 1. The van der Waals surface area contributed by atoms with Gasteiger partial charge in [0.25, 0.3) is 0 Å². The maximum atomic E-state index is 10.9. The Balaban J connectivity index is 2.00. The van der Waals surface area contributed by atoms with Crippen LogP contribution in [-0.4, -0.2) is 45.3 Å². The molecule has 1 fully saturated rings. The third kappa shape index (κ3) is 2.79. The van der Waals surface area contributed by atoms with Gasteiger partial charge < -0.3 is 10.2 Å². The summed E-state index contributed by atoms with van der Waals surface area (Å²) in [7, 11) is 1.69. The summed E-state index contributed by atoms with van der Waals surface area (Å²) < 4.78 is 1.47. The monoisotopic (exact) mass is 253 g/mol. The van der Waals surface area contributed by atoms with E-state index in [9.17, 15) is 10.1 Å². The third-order valence-corrected chi connectivity index (χ3v) is 3.38. The van der Waals surface area contributed by atoms with Crippen LogP contribution in [0.3, 0.4) is 0 Å². The molecule has 1 aliphatic rings. The zero-order valence-electron chi connectivity index (χ0n) is 10.8. The average Bonchev–Trinajstić information content (AvgIpc) is 2.71. The molecule has 1 N–H and O–H groups in total. The van der Waals surface area contributed by atoms with Crippen molar-refractivity contribution < 1.29 is 4.92 Å². The Morgan fingerprint density at radius 3 is 2.78 bits per heavy atom. The van der Waals surface area contributed by atoms with Crippen molar-refractivity contribution in [1.82, 2.24) is 14.7 Å². The highest BCUT2D eigenvalue weighted by molar-refractivity contribution is 5.55. The van der Waals surface area contributed by atoms with Crippen molar-refractivity contribution in [2.75, 3.05) is 25.0 Å². The number of rotatable bonds is 4. The summed E-state index contributed by atoms with van der Waals surface area (Å²) in [5, 5.41) is 18.2. The quantitative estimate of drug-likeness (QED) is 0.645. The summed E-state index contributed by atoms with van der Waals surface area (Å²) in [5.74, 6) is 0.387. The predicted octanol–water partition coefficient (Wildman–Crippen LogP) is 1.22. The van der Waals surface area contributed by atoms with Crippen molar-refractivity contribution in [2.45, 2.75) is 25.8 Å². The highest BCUT2D eigenvalue weighted by Gasteiger charge is 2.23. The Hall–Kier alpha value is -1.63. The minimum absolute atomic E-state index is 0.0513. The van der Waals surface area contributed by atoms with Gasteiger partial charge in [-0.2, -0.15) is 0 Å². The van der Waals surface area contributed by atoms with Crippen LogP contribution in [0.2, 0.25) is 0 Å². The van der Waals surface area contributed by atoms with Crippen molar-refractivity contribution >= 4 is 11.5 Å². The first-order valence-electron chi connectivity index (χ1n) is 6.27. The van der Waals surface area contributed by atoms with Crippen LogP contribution in [0.15, 0.2) is 6.20 Å². The Morgan fingerprint density at radius 2 is 2.22 bits per heavy atom. The molecule has 0 radical (unpaired) electrons. The van der Waals surface area contributed by atoms with Crippen LogP contribution >= 0.6 is 0 Å². The van der Waals surface area contributed by atoms with Gasteiger partial charge in [-0.3, -0.25) is 14.8 Å². The number of hydrogen-bond acceptors (Lipinski definition) is 5. The largest absolute Gasteiger partial charge is 0.360 e. The number of anilines is 1. The lowest BCUT2D eigenvalue weighted by Gasteiger charge is -2.31. The second-order valence-electron chi connectivity index (χ2n) is 4.65. The minimum atomic E-state index is -0.392. The van der Waals surface area contributed by atoms with E-state index in [-0.39, 0.29) is 11.7 Å². The Kier molecular flexibility index (Phi) is 3.81. The molecule has 0 atom stereocenters. The fourth-order valence-electron chi connectivity index (χ4n) is 2.30. The molecule has 1 aromatic heterocycles. The molecule has 7 heteroatoms. The van der Waals surface area contributed by atoms with Crippen molar-refractivity contribution in [3.05, 3.63) is 16.3 Å². The van der Waals surface area contributed by atoms with Gasteiger partial charge in [-0.1, -0.05) is 6.92 Å². The van der Waals surface area contributed by atoms with E-state index in [1.807, 2.05) is 0 Å².